The fraction of sp³-hybridized carbons (Fsp3) is 0.105. The summed E-state index contributed by atoms with van der Waals surface area (Å²) in [4.78, 5) is 24.1. The molecule has 1 aromatic heterocycles. The quantitative estimate of drug-likeness (QED) is 0.588. The van der Waals surface area contributed by atoms with E-state index < -0.39 is 18.5 Å². The van der Waals surface area contributed by atoms with Gasteiger partial charge in [0.05, 0.1) is 22.0 Å². The monoisotopic (exact) mass is 447 g/mol. The summed E-state index contributed by atoms with van der Waals surface area (Å²) in [7, 11) is 0. The normalized spacial score (nSPS) is 10.5. The molecule has 0 aliphatic heterocycles. The van der Waals surface area contributed by atoms with Crippen molar-refractivity contribution in [3.8, 4) is 5.69 Å². The van der Waals surface area contributed by atoms with Gasteiger partial charge in [-0.2, -0.15) is 5.10 Å². The number of aryl methyl sites for hydroxylation is 1. The first kappa shape index (κ1) is 19.1. The highest BCUT2D eigenvalue weighted by Gasteiger charge is 2.12. The molecule has 0 radical (unpaired) electrons. The van der Waals surface area contributed by atoms with Crippen LogP contribution in [0.4, 0.5) is 5.69 Å². The lowest BCUT2D eigenvalue weighted by Gasteiger charge is -2.09. The Morgan fingerprint density at radius 1 is 1.19 bits per heavy atom. The third-order valence-corrected chi connectivity index (χ3v) is 4.53. The number of nitrogens with one attached hydrogen (secondary N) is 1. The Balaban J connectivity index is 1.57. The summed E-state index contributed by atoms with van der Waals surface area (Å²) in [6, 6.07) is 13.7. The second-order valence-electron chi connectivity index (χ2n) is 5.68. The van der Waals surface area contributed by atoms with Crippen molar-refractivity contribution in [1.82, 2.24) is 9.78 Å². The maximum atomic E-state index is 12.1. The number of aromatic nitrogens is 2. The van der Waals surface area contributed by atoms with Gasteiger partial charge in [0.15, 0.2) is 6.61 Å². The number of rotatable bonds is 5. The standard InChI is InChI=1S/C19H15BrClN3O3/c1-12-8-9-22-24(12)15-5-2-13(3-6-15)19(26)27-11-18(25)23-17-7-4-14(20)10-16(17)21/h2-10H,11H2,1H3,(H,23,25). The number of benzene rings is 2. The molecule has 3 aromatic rings. The van der Waals surface area contributed by atoms with Gasteiger partial charge in [-0.3, -0.25) is 4.79 Å². The van der Waals surface area contributed by atoms with Crippen molar-refractivity contribution in [3.63, 3.8) is 0 Å². The van der Waals surface area contributed by atoms with Gasteiger partial charge in [-0.1, -0.05) is 27.5 Å². The van der Waals surface area contributed by atoms with Crippen molar-refractivity contribution in [3.05, 3.63) is 75.5 Å². The molecule has 0 unspecified atom stereocenters. The molecule has 2 aromatic carbocycles. The van der Waals surface area contributed by atoms with Crippen molar-refractivity contribution < 1.29 is 14.3 Å². The third kappa shape index (κ3) is 4.75. The molecular formula is C19H15BrClN3O3. The summed E-state index contributed by atoms with van der Waals surface area (Å²) >= 11 is 9.33. The minimum atomic E-state index is -0.587. The number of hydrogen-bond donors (Lipinski definition) is 1. The molecule has 8 heteroatoms. The topological polar surface area (TPSA) is 73.2 Å². The van der Waals surface area contributed by atoms with Crippen molar-refractivity contribution in [2.45, 2.75) is 6.92 Å². The molecule has 1 heterocycles. The number of carbonyl (C=O) groups is 2. The average molecular weight is 449 g/mol. The fourth-order valence-corrected chi connectivity index (χ4v) is 3.09. The van der Waals surface area contributed by atoms with Gasteiger partial charge in [0.1, 0.15) is 0 Å². The predicted molar refractivity (Wildman–Crippen MR) is 106 cm³/mol. The van der Waals surface area contributed by atoms with E-state index in [1.54, 1.807) is 53.3 Å². The van der Waals surface area contributed by atoms with Crippen LogP contribution in [0.1, 0.15) is 16.1 Å². The fourth-order valence-electron chi connectivity index (χ4n) is 2.37. The maximum Gasteiger partial charge on any atom is 0.338 e. The van der Waals surface area contributed by atoms with E-state index >= 15 is 0 Å². The lowest BCUT2D eigenvalue weighted by Crippen LogP contribution is -2.21. The number of halogens is 2. The zero-order chi connectivity index (χ0) is 19.4. The number of anilines is 1. The largest absolute Gasteiger partial charge is 0.452 e. The SMILES string of the molecule is Cc1ccnn1-c1ccc(C(=O)OCC(=O)Nc2ccc(Br)cc2Cl)cc1. The molecule has 0 aliphatic rings. The molecule has 1 N–H and O–H groups in total. The number of esters is 1. The molecule has 27 heavy (non-hydrogen) atoms. The summed E-state index contributed by atoms with van der Waals surface area (Å²) < 4.78 is 7.61. The number of amides is 1. The van der Waals surface area contributed by atoms with E-state index in [2.05, 4.69) is 26.3 Å². The minimum Gasteiger partial charge on any atom is -0.452 e. The van der Waals surface area contributed by atoms with E-state index in [-0.39, 0.29) is 0 Å². The zero-order valence-corrected chi connectivity index (χ0v) is 16.6. The molecule has 0 saturated carbocycles. The van der Waals surface area contributed by atoms with Crippen LogP contribution in [0.5, 0.6) is 0 Å². The first-order valence-corrected chi connectivity index (χ1v) is 9.14. The lowest BCUT2D eigenvalue weighted by molar-refractivity contribution is -0.119. The second-order valence-corrected chi connectivity index (χ2v) is 7.00. The van der Waals surface area contributed by atoms with Crippen LogP contribution in [0, 0.1) is 6.92 Å². The average Bonchev–Trinajstić information content (AvgIpc) is 3.08. The van der Waals surface area contributed by atoms with Gasteiger partial charge < -0.3 is 10.1 Å². The van der Waals surface area contributed by atoms with Gasteiger partial charge in [0.2, 0.25) is 0 Å². The van der Waals surface area contributed by atoms with Crippen LogP contribution in [0.2, 0.25) is 5.02 Å². The van der Waals surface area contributed by atoms with Crippen LogP contribution in [0.15, 0.2) is 59.2 Å². The number of ether oxygens (including phenoxy) is 1. The van der Waals surface area contributed by atoms with Crippen molar-refractivity contribution >= 4 is 45.1 Å². The van der Waals surface area contributed by atoms with Gasteiger partial charge in [-0.15, -0.1) is 0 Å². The number of hydrogen-bond acceptors (Lipinski definition) is 4. The minimum absolute atomic E-state index is 0.345. The Morgan fingerprint density at radius 2 is 1.93 bits per heavy atom. The Kier molecular flexibility index (Phi) is 5.93. The highest BCUT2D eigenvalue weighted by Crippen LogP contribution is 2.25. The smallest absolute Gasteiger partial charge is 0.338 e. The van der Waals surface area contributed by atoms with E-state index in [0.29, 0.717) is 16.3 Å². The maximum absolute atomic E-state index is 12.1. The Labute approximate surface area is 169 Å². The second kappa shape index (κ2) is 8.37. The van der Waals surface area contributed by atoms with Crippen LogP contribution in [-0.2, 0) is 9.53 Å². The molecule has 0 spiro atoms. The van der Waals surface area contributed by atoms with Crippen LogP contribution < -0.4 is 5.32 Å². The van der Waals surface area contributed by atoms with Crippen molar-refractivity contribution in [1.29, 1.82) is 0 Å². The summed E-state index contributed by atoms with van der Waals surface area (Å²) in [5, 5.41) is 7.19. The number of nitrogens with zero attached hydrogens (tertiary/aromatic N) is 2. The zero-order valence-electron chi connectivity index (χ0n) is 14.3. The van der Waals surface area contributed by atoms with Gasteiger partial charge >= 0.3 is 5.97 Å². The van der Waals surface area contributed by atoms with E-state index in [9.17, 15) is 9.59 Å². The van der Waals surface area contributed by atoms with Crippen LogP contribution in [-0.4, -0.2) is 28.3 Å². The molecule has 0 atom stereocenters. The summed E-state index contributed by atoms with van der Waals surface area (Å²) in [6.07, 6.45) is 1.70. The molecule has 1 amide bonds. The van der Waals surface area contributed by atoms with E-state index in [1.165, 1.54) is 0 Å². The van der Waals surface area contributed by atoms with E-state index in [0.717, 1.165) is 15.9 Å². The van der Waals surface area contributed by atoms with E-state index in [1.807, 2.05) is 13.0 Å². The molecule has 0 bridgehead atoms. The molecule has 0 aliphatic carbocycles. The van der Waals surface area contributed by atoms with Crippen molar-refractivity contribution in [2.75, 3.05) is 11.9 Å². The lowest BCUT2D eigenvalue weighted by atomic mass is 10.2. The van der Waals surface area contributed by atoms with Crippen LogP contribution in [0.3, 0.4) is 0 Å². The molecular weight excluding hydrogens is 434 g/mol. The summed E-state index contributed by atoms with van der Waals surface area (Å²) in [5.41, 5.74) is 2.60. The van der Waals surface area contributed by atoms with Gasteiger partial charge in [0, 0.05) is 16.4 Å². The highest BCUT2D eigenvalue weighted by molar-refractivity contribution is 9.10. The highest BCUT2D eigenvalue weighted by atomic mass is 79.9. The first-order valence-electron chi connectivity index (χ1n) is 7.97. The van der Waals surface area contributed by atoms with Crippen LogP contribution in [0.25, 0.3) is 5.69 Å². The van der Waals surface area contributed by atoms with Crippen molar-refractivity contribution in [2.24, 2.45) is 0 Å². The third-order valence-electron chi connectivity index (χ3n) is 3.72. The predicted octanol–water partition coefficient (Wildman–Crippen LogP) is 4.39. The van der Waals surface area contributed by atoms with E-state index in [4.69, 9.17) is 16.3 Å². The molecule has 0 fully saturated rings. The van der Waals surface area contributed by atoms with Gasteiger partial charge in [-0.25, -0.2) is 9.48 Å². The Hall–Kier alpha value is -2.64. The summed E-state index contributed by atoms with van der Waals surface area (Å²) in [5.74, 6) is -1.06. The molecule has 138 valence electrons. The first-order chi connectivity index (χ1) is 12.9. The van der Waals surface area contributed by atoms with Gasteiger partial charge in [-0.05, 0) is 55.5 Å². The molecule has 0 saturated heterocycles. The Bertz CT molecular complexity index is 986. The Morgan fingerprint density at radius 3 is 2.56 bits per heavy atom. The number of carbonyl (C=O) groups excluding carboxylic acids is 2. The molecule has 6 nitrogen and oxygen atoms in total. The molecule has 3 rings (SSSR count). The van der Waals surface area contributed by atoms with Gasteiger partial charge in [0.25, 0.3) is 5.91 Å². The van der Waals surface area contributed by atoms with Crippen LogP contribution >= 0.6 is 27.5 Å². The summed E-state index contributed by atoms with van der Waals surface area (Å²) in [6.45, 7) is 1.52.